The molecule has 0 spiro atoms. The smallest absolute Gasteiger partial charge is 0.163 e. The summed E-state index contributed by atoms with van der Waals surface area (Å²) in [5.41, 5.74) is 1.75. The molecule has 3 rings (SSSR count). The van der Waals surface area contributed by atoms with E-state index in [2.05, 4.69) is 26.0 Å². The van der Waals surface area contributed by atoms with Crippen molar-refractivity contribution in [1.29, 1.82) is 0 Å². The van der Waals surface area contributed by atoms with Crippen molar-refractivity contribution in [2.75, 3.05) is 0 Å². The van der Waals surface area contributed by atoms with E-state index < -0.39 is 17.8 Å². The van der Waals surface area contributed by atoms with Gasteiger partial charge in [0.2, 0.25) is 0 Å². The normalized spacial score (nSPS) is 37.2. The minimum Gasteiger partial charge on any atom is -0.393 e. The third kappa shape index (κ3) is 5.26. The minimum absolute atomic E-state index is 0.0539. The van der Waals surface area contributed by atoms with Crippen LogP contribution in [0.4, 0.5) is 0 Å². The number of allylic oxidation sites excluding steroid dienone is 3. The molecule has 3 aliphatic rings. The summed E-state index contributed by atoms with van der Waals surface area (Å²) in [6, 6.07) is 0. The summed E-state index contributed by atoms with van der Waals surface area (Å²) in [5, 5.41) is 29.8. The number of fused-ring (bicyclic) bond motifs is 1. The molecular formula is C26H42O4. The molecule has 3 N–H and O–H groups in total. The second-order valence-corrected chi connectivity index (χ2v) is 11.1. The molecule has 0 bridgehead atoms. The van der Waals surface area contributed by atoms with Gasteiger partial charge in [-0.3, -0.25) is 4.79 Å². The Hall–Kier alpha value is -0.970. The molecule has 0 aromatic carbocycles. The van der Waals surface area contributed by atoms with Gasteiger partial charge in [-0.05, 0) is 94.8 Å². The van der Waals surface area contributed by atoms with Crippen LogP contribution >= 0.6 is 0 Å². The van der Waals surface area contributed by atoms with E-state index >= 15 is 0 Å². The van der Waals surface area contributed by atoms with Gasteiger partial charge in [0, 0.05) is 6.42 Å². The van der Waals surface area contributed by atoms with Crippen LogP contribution in [0, 0.1) is 23.2 Å². The van der Waals surface area contributed by atoms with Crippen LogP contribution in [0.1, 0.15) is 91.9 Å². The van der Waals surface area contributed by atoms with Crippen molar-refractivity contribution in [2.45, 2.75) is 110 Å². The highest BCUT2D eigenvalue weighted by molar-refractivity contribution is 5.86. The van der Waals surface area contributed by atoms with Crippen LogP contribution in [0.5, 0.6) is 0 Å². The van der Waals surface area contributed by atoms with Crippen molar-refractivity contribution in [3.63, 3.8) is 0 Å². The lowest BCUT2D eigenvalue weighted by molar-refractivity contribution is -0.134. The maximum absolute atomic E-state index is 12.2. The first-order valence-electron chi connectivity index (χ1n) is 12.0. The second kappa shape index (κ2) is 9.26. The number of aliphatic hydroxyl groups is 3. The van der Waals surface area contributed by atoms with Crippen molar-refractivity contribution in [1.82, 2.24) is 0 Å². The summed E-state index contributed by atoms with van der Waals surface area (Å²) < 4.78 is 0. The van der Waals surface area contributed by atoms with E-state index in [1.54, 1.807) is 13.8 Å². The fraction of sp³-hybridized carbons (Fsp3) is 0.808. The average Bonchev–Trinajstić information content (AvgIpc) is 3.00. The van der Waals surface area contributed by atoms with Crippen molar-refractivity contribution in [3.05, 3.63) is 23.3 Å². The number of carbonyl (C=O) groups is 1. The Bertz CT molecular complexity index is 674. The van der Waals surface area contributed by atoms with E-state index in [0.29, 0.717) is 43.4 Å². The third-order valence-electron chi connectivity index (χ3n) is 8.31. The fourth-order valence-electron chi connectivity index (χ4n) is 6.61. The summed E-state index contributed by atoms with van der Waals surface area (Å²) in [6.07, 6.45) is 12.8. The molecular weight excluding hydrogens is 376 g/mol. The molecule has 0 amide bonds. The van der Waals surface area contributed by atoms with Crippen LogP contribution in [-0.4, -0.2) is 38.9 Å². The molecule has 170 valence electrons. The van der Waals surface area contributed by atoms with Gasteiger partial charge in [-0.2, -0.15) is 0 Å². The van der Waals surface area contributed by atoms with Gasteiger partial charge in [0.1, 0.15) is 5.60 Å². The largest absolute Gasteiger partial charge is 0.393 e. The van der Waals surface area contributed by atoms with Crippen LogP contribution < -0.4 is 0 Å². The summed E-state index contributed by atoms with van der Waals surface area (Å²) in [6.45, 7) is 7.92. The number of hydrogen-bond acceptors (Lipinski definition) is 4. The lowest BCUT2D eigenvalue weighted by Gasteiger charge is -2.44. The number of carbonyl (C=O) groups excluding carboxylic acids is 1. The molecule has 0 aliphatic heterocycles. The van der Waals surface area contributed by atoms with Crippen LogP contribution in [0.15, 0.2) is 23.3 Å². The minimum atomic E-state index is -1.23. The molecule has 4 nitrogen and oxygen atoms in total. The molecule has 4 heteroatoms. The molecule has 3 saturated carbocycles. The van der Waals surface area contributed by atoms with Gasteiger partial charge in [0.15, 0.2) is 5.78 Å². The molecule has 2 unspecified atom stereocenters. The molecule has 30 heavy (non-hydrogen) atoms. The zero-order valence-electron chi connectivity index (χ0n) is 19.4. The molecule has 6 atom stereocenters. The third-order valence-corrected chi connectivity index (χ3v) is 8.31. The number of aliphatic hydroxyl groups excluding tert-OH is 2. The van der Waals surface area contributed by atoms with E-state index in [0.717, 1.165) is 18.4 Å². The Morgan fingerprint density at radius 3 is 2.50 bits per heavy atom. The van der Waals surface area contributed by atoms with Crippen LogP contribution in [0.25, 0.3) is 0 Å². The molecule has 0 saturated heterocycles. The Labute approximate surface area is 182 Å². The molecule has 0 heterocycles. The highest BCUT2D eigenvalue weighted by Crippen LogP contribution is 2.59. The Morgan fingerprint density at radius 1 is 1.20 bits per heavy atom. The lowest BCUT2D eigenvalue weighted by atomic mass is 9.60. The zero-order chi connectivity index (χ0) is 22.1. The molecule has 0 radical (unpaired) electrons. The highest BCUT2D eigenvalue weighted by atomic mass is 16.3. The summed E-state index contributed by atoms with van der Waals surface area (Å²) >= 11 is 0. The number of Topliss-reactive ketones (excluding diaryl/α,β-unsaturated/α-hetero) is 1. The van der Waals surface area contributed by atoms with Crippen LogP contribution in [-0.2, 0) is 4.79 Å². The van der Waals surface area contributed by atoms with Crippen molar-refractivity contribution in [3.8, 4) is 0 Å². The van der Waals surface area contributed by atoms with Crippen LogP contribution in [0.2, 0.25) is 0 Å². The monoisotopic (exact) mass is 418 g/mol. The van der Waals surface area contributed by atoms with Crippen molar-refractivity contribution >= 4 is 5.78 Å². The van der Waals surface area contributed by atoms with Gasteiger partial charge in [0.25, 0.3) is 0 Å². The fourth-order valence-corrected chi connectivity index (χ4v) is 6.61. The number of hydrogen-bond donors (Lipinski definition) is 3. The second-order valence-electron chi connectivity index (χ2n) is 11.1. The number of rotatable bonds is 6. The molecule has 3 aliphatic carbocycles. The predicted molar refractivity (Wildman–Crippen MR) is 120 cm³/mol. The van der Waals surface area contributed by atoms with Gasteiger partial charge < -0.3 is 15.3 Å². The maximum atomic E-state index is 12.2. The summed E-state index contributed by atoms with van der Waals surface area (Å²) in [5.74, 6) is 1.64. The van der Waals surface area contributed by atoms with Gasteiger partial charge in [-0.1, -0.05) is 37.1 Å². The highest BCUT2D eigenvalue weighted by Gasteiger charge is 2.50. The topological polar surface area (TPSA) is 77.8 Å². The Balaban J connectivity index is 1.68. The first-order chi connectivity index (χ1) is 14.0. The van der Waals surface area contributed by atoms with E-state index in [1.165, 1.54) is 31.3 Å². The summed E-state index contributed by atoms with van der Waals surface area (Å²) in [4.78, 5) is 12.2. The maximum Gasteiger partial charge on any atom is 0.163 e. The van der Waals surface area contributed by atoms with Gasteiger partial charge in [-0.15, -0.1) is 0 Å². The predicted octanol–water partition coefficient (Wildman–Crippen LogP) is 4.72. The average molecular weight is 419 g/mol. The van der Waals surface area contributed by atoms with E-state index in [4.69, 9.17) is 0 Å². The Kier molecular flexibility index (Phi) is 7.31. The quantitative estimate of drug-likeness (QED) is 0.583. The van der Waals surface area contributed by atoms with Crippen molar-refractivity contribution in [2.24, 2.45) is 23.2 Å². The molecule has 3 fully saturated rings. The zero-order valence-corrected chi connectivity index (χ0v) is 19.4. The number of ketones is 1. The SMILES string of the molecule is C[C@@H](CCC(=O)C(C)(C)O)C1CCC2/C(=C/C=C3C[C@@H](O)C[C@H](O)C3)CCC[C@@]21C. The lowest BCUT2D eigenvalue weighted by Crippen LogP contribution is -2.36. The Morgan fingerprint density at radius 2 is 1.87 bits per heavy atom. The van der Waals surface area contributed by atoms with Crippen molar-refractivity contribution < 1.29 is 20.1 Å². The van der Waals surface area contributed by atoms with Gasteiger partial charge >= 0.3 is 0 Å². The van der Waals surface area contributed by atoms with E-state index in [9.17, 15) is 20.1 Å². The first kappa shape index (κ1) is 23.7. The van der Waals surface area contributed by atoms with Gasteiger partial charge in [0.05, 0.1) is 12.2 Å². The first-order valence-corrected chi connectivity index (χ1v) is 12.0. The van der Waals surface area contributed by atoms with Gasteiger partial charge in [-0.25, -0.2) is 0 Å². The molecule has 0 aromatic heterocycles. The van der Waals surface area contributed by atoms with Crippen LogP contribution in [0.3, 0.4) is 0 Å². The molecule has 0 aromatic rings. The van der Waals surface area contributed by atoms with E-state index in [-0.39, 0.29) is 11.2 Å². The summed E-state index contributed by atoms with van der Waals surface area (Å²) in [7, 11) is 0. The van der Waals surface area contributed by atoms with E-state index in [1.807, 2.05) is 0 Å². The standard InChI is InChI=1S/C26H42O4/c1-17(7-12-24(29)25(2,3)30)22-10-11-23-19(6-5-13-26(22,23)4)9-8-18-14-20(27)16-21(28)15-18/h8-9,17,20-23,27-28,30H,5-7,10-16H2,1-4H3/b19-9+/t17-,20+,21+,22?,23?,26+/m0/s1.